The number of aromatic nitrogens is 3. The normalized spacial score (nSPS) is 11.6. The molecule has 5 heteroatoms. The Morgan fingerprint density at radius 3 is 1.24 bits per heavy atom. The Morgan fingerprint density at radius 1 is 0.284 bits per heavy atom. The minimum atomic E-state index is 0.462. The molecule has 0 aliphatic heterocycles. The van der Waals surface area contributed by atoms with Gasteiger partial charge in [0.15, 0.2) is 0 Å². The molecule has 0 spiro atoms. The van der Waals surface area contributed by atoms with Gasteiger partial charge in [-0.05, 0) is 89.5 Å². The van der Waals surface area contributed by atoms with Crippen molar-refractivity contribution in [3.05, 3.63) is 236 Å². The molecular formula is C62H37N5. The van der Waals surface area contributed by atoms with E-state index < -0.39 is 0 Å². The van der Waals surface area contributed by atoms with Gasteiger partial charge in [0.1, 0.15) is 0 Å². The topological polar surface area (TPSA) is 62.4 Å². The number of hydrogen-bond acceptors (Lipinski definition) is 2. The van der Waals surface area contributed by atoms with Crippen LogP contribution >= 0.6 is 0 Å². The Kier molecular flexibility index (Phi) is 8.58. The van der Waals surface area contributed by atoms with Crippen LogP contribution in [0.3, 0.4) is 0 Å². The molecule has 310 valence electrons. The summed E-state index contributed by atoms with van der Waals surface area (Å²) in [4.78, 5) is 0. The third-order valence-corrected chi connectivity index (χ3v) is 13.5. The molecule has 13 rings (SSSR count). The van der Waals surface area contributed by atoms with E-state index in [1.54, 1.807) is 18.2 Å². The van der Waals surface area contributed by atoms with Gasteiger partial charge in [0, 0.05) is 49.0 Å². The molecule has 0 N–H and O–H groups in total. The van der Waals surface area contributed by atoms with Crippen molar-refractivity contribution < 1.29 is 0 Å². The van der Waals surface area contributed by atoms with E-state index in [1.807, 2.05) is 12.1 Å². The molecule has 0 fully saturated rings. The van der Waals surface area contributed by atoms with Crippen molar-refractivity contribution in [1.29, 1.82) is 10.5 Å². The first kappa shape index (κ1) is 38.1. The molecule has 13 aromatic rings. The molecular weight excluding hydrogens is 815 g/mol. The zero-order valence-corrected chi connectivity index (χ0v) is 36.1. The molecule has 3 aromatic heterocycles. The Labute approximate surface area is 386 Å². The second-order valence-corrected chi connectivity index (χ2v) is 17.0. The highest BCUT2D eigenvalue weighted by Gasteiger charge is 2.24. The lowest BCUT2D eigenvalue weighted by molar-refractivity contribution is 1.16. The summed E-state index contributed by atoms with van der Waals surface area (Å²) in [7, 11) is 0. The van der Waals surface area contributed by atoms with Gasteiger partial charge in [0.2, 0.25) is 0 Å². The fourth-order valence-electron chi connectivity index (χ4n) is 10.8. The number of fused-ring (bicyclic) bond motifs is 9. The maximum atomic E-state index is 10.3. The van der Waals surface area contributed by atoms with E-state index in [0.717, 1.165) is 66.9 Å². The van der Waals surface area contributed by atoms with Crippen LogP contribution in [0.15, 0.2) is 224 Å². The molecule has 0 saturated carbocycles. The maximum Gasteiger partial charge on any atom is 0.0998 e. The second-order valence-electron chi connectivity index (χ2n) is 17.0. The van der Waals surface area contributed by atoms with Gasteiger partial charge in [0.25, 0.3) is 0 Å². The molecule has 3 heterocycles. The van der Waals surface area contributed by atoms with E-state index in [4.69, 9.17) is 0 Å². The predicted octanol–water partition coefficient (Wildman–Crippen LogP) is 15.7. The van der Waals surface area contributed by atoms with E-state index in [-0.39, 0.29) is 0 Å². The first-order valence-corrected chi connectivity index (χ1v) is 22.5. The zero-order valence-electron chi connectivity index (χ0n) is 36.1. The summed E-state index contributed by atoms with van der Waals surface area (Å²) in [6.07, 6.45) is 0. The first-order chi connectivity index (χ1) is 33.2. The molecule has 0 amide bonds. The number of para-hydroxylation sites is 6. The minimum Gasteiger partial charge on any atom is -0.309 e. The second kappa shape index (κ2) is 15.1. The van der Waals surface area contributed by atoms with Crippen LogP contribution in [0.2, 0.25) is 0 Å². The monoisotopic (exact) mass is 851 g/mol. The Morgan fingerprint density at radius 2 is 0.657 bits per heavy atom. The molecule has 5 nitrogen and oxygen atoms in total. The molecule has 10 aromatic carbocycles. The van der Waals surface area contributed by atoms with Gasteiger partial charge in [-0.1, -0.05) is 152 Å². The summed E-state index contributed by atoms with van der Waals surface area (Å²) < 4.78 is 7.26. The van der Waals surface area contributed by atoms with Crippen molar-refractivity contribution >= 4 is 65.4 Å². The quantitative estimate of drug-likeness (QED) is 0.167. The van der Waals surface area contributed by atoms with Gasteiger partial charge in [-0.2, -0.15) is 10.5 Å². The van der Waals surface area contributed by atoms with Gasteiger partial charge in [-0.15, -0.1) is 0 Å². The van der Waals surface area contributed by atoms with Crippen molar-refractivity contribution in [2.75, 3.05) is 0 Å². The Bertz CT molecular complexity index is 4120. The van der Waals surface area contributed by atoms with Gasteiger partial charge < -0.3 is 13.7 Å². The van der Waals surface area contributed by atoms with Crippen molar-refractivity contribution in [2.45, 2.75) is 0 Å². The van der Waals surface area contributed by atoms with Crippen LogP contribution in [0.4, 0.5) is 0 Å². The summed E-state index contributed by atoms with van der Waals surface area (Å²) in [5.74, 6) is 0. The smallest absolute Gasteiger partial charge is 0.0998 e. The highest BCUT2D eigenvalue weighted by molar-refractivity contribution is 6.17. The summed E-state index contributed by atoms with van der Waals surface area (Å²) in [6, 6.07) is 83.9. The van der Waals surface area contributed by atoms with Crippen LogP contribution < -0.4 is 0 Å². The number of rotatable bonds is 6. The molecule has 0 unspecified atom stereocenters. The fourth-order valence-corrected chi connectivity index (χ4v) is 10.8. The van der Waals surface area contributed by atoms with Crippen molar-refractivity contribution in [3.63, 3.8) is 0 Å². The lowest BCUT2D eigenvalue weighted by atomic mass is 9.88. The average Bonchev–Trinajstić information content (AvgIpc) is 4.04. The lowest BCUT2D eigenvalue weighted by Crippen LogP contribution is -2.02. The number of hydrogen-bond donors (Lipinski definition) is 0. The third kappa shape index (κ3) is 5.66. The fraction of sp³-hybridized carbons (Fsp3) is 0. The van der Waals surface area contributed by atoms with E-state index in [0.29, 0.717) is 16.7 Å². The number of nitrogens with zero attached hydrogens (tertiary/aromatic N) is 5. The van der Waals surface area contributed by atoms with Crippen LogP contribution in [0, 0.1) is 22.7 Å². The standard InChI is InChI=1S/C62H37N5/c63-38-42-19-14-20-43(39-64)60(42)40-17-13-18-41(37-40)61-49(27-15-34-57(61)65-51-28-7-1-21-44(51)45-22-2-8-29-52(45)65)48-25-5-11-32-55(48)67-56-33-12-6-26-50(56)62-58(35-16-36-59(62)67)66-53-30-9-3-23-46(53)47-24-4-10-31-54(47)66/h1-37H. The van der Waals surface area contributed by atoms with E-state index in [9.17, 15) is 10.5 Å². The maximum absolute atomic E-state index is 10.3. The molecule has 0 saturated heterocycles. The van der Waals surface area contributed by atoms with Gasteiger partial charge in [-0.3, -0.25) is 0 Å². The average molecular weight is 852 g/mol. The van der Waals surface area contributed by atoms with Crippen molar-refractivity contribution in [2.24, 2.45) is 0 Å². The molecule has 0 radical (unpaired) electrons. The Balaban J connectivity index is 1.12. The minimum absolute atomic E-state index is 0.462. The molecule has 0 atom stereocenters. The summed E-state index contributed by atoms with van der Waals surface area (Å²) in [6.45, 7) is 0. The molecule has 0 aliphatic carbocycles. The first-order valence-electron chi connectivity index (χ1n) is 22.5. The molecule has 0 aliphatic rings. The van der Waals surface area contributed by atoms with Crippen LogP contribution in [0.25, 0.3) is 116 Å². The SMILES string of the molecule is N#Cc1cccc(C#N)c1-c1cccc(-c2c(-c3ccccc3-n3c4ccccc4c4c(-n5c6ccccc6c6ccccc65)cccc43)cccc2-n2c3ccccc3c3ccccc32)c1. The van der Waals surface area contributed by atoms with E-state index >= 15 is 0 Å². The van der Waals surface area contributed by atoms with Crippen LogP contribution in [0.5, 0.6) is 0 Å². The van der Waals surface area contributed by atoms with Crippen LogP contribution in [-0.2, 0) is 0 Å². The van der Waals surface area contributed by atoms with E-state index in [1.165, 1.54) is 43.4 Å². The molecule has 67 heavy (non-hydrogen) atoms. The van der Waals surface area contributed by atoms with Crippen LogP contribution in [-0.4, -0.2) is 13.7 Å². The third-order valence-electron chi connectivity index (χ3n) is 13.5. The molecule has 0 bridgehead atoms. The zero-order chi connectivity index (χ0) is 44.6. The van der Waals surface area contributed by atoms with Gasteiger partial charge in [0.05, 0.1) is 73.4 Å². The predicted molar refractivity (Wildman–Crippen MR) is 275 cm³/mol. The van der Waals surface area contributed by atoms with Crippen molar-refractivity contribution in [1.82, 2.24) is 13.7 Å². The van der Waals surface area contributed by atoms with Gasteiger partial charge >= 0.3 is 0 Å². The highest BCUT2D eigenvalue weighted by Crippen LogP contribution is 2.46. The van der Waals surface area contributed by atoms with E-state index in [2.05, 4.69) is 220 Å². The number of nitriles is 2. The van der Waals surface area contributed by atoms with Crippen LogP contribution in [0.1, 0.15) is 11.1 Å². The van der Waals surface area contributed by atoms with Gasteiger partial charge in [-0.25, -0.2) is 0 Å². The largest absolute Gasteiger partial charge is 0.309 e. The van der Waals surface area contributed by atoms with Crippen molar-refractivity contribution in [3.8, 4) is 62.6 Å². The summed E-state index contributed by atoms with van der Waals surface area (Å²) in [5.41, 5.74) is 16.4. The summed E-state index contributed by atoms with van der Waals surface area (Å²) in [5, 5.41) is 27.8. The summed E-state index contributed by atoms with van der Waals surface area (Å²) >= 11 is 0. The highest BCUT2D eigenvalue weighted by atomic mass is 15.0. The number of benzene rings is 10. The Hall–Kier alpha value is -9.42. The lowest BCUT2D eigenvalue weighted by Gasteiger charge is -2.21.